The molecule has 0 aliphatic carbocycles. The van der Waals surface area contributed by atoms with E-state index in [-0.39, 0.29) is 49.6 Å². The highest BCUT2D eigenvalue weighted by molar-refractivity contribution is 8.13. The number of carbonyl (C=O) groups is 1. The number of aliphatic hydroxyl groups is 1. The number of anilines is 1. The third kappa shape index (κ3) is 7.17. The molecule has 1 unspecified atom stereocenters. The van der Waals surface area contributed by atoms with Crippen molar-refractivity contribution < 1.29 is 28.3 Å². The zero-order chi connectivity index (χ0) is 27.2. The Labute approximate surface area is 225 Å². The van der Waals surface area contributed by atoms with E-state index < -0.39 is 13.2 Å². The number of rotatable bonds is 13. The molecule has 14 heteroatoms. The van der Waals surface area contributed by atoms with Crippen LogP contribution in [0.2, 0.25) is 0 Å². The summed E-state index contributed by atoms with van der Waals surface area (Å²) in [5.74, 6) is 0.567. The molecule has 12 nitrogen and oxygen atoms in total. The Kier molecular flexibility index (Phi) is 9.53. The fourth-order valence-corrected chi connectivity index (χ4v) is 6.00. The van der Waals surface area contributed by atoms with Gasteiger partial charge in [0, 0.05) is 12.3 Å². The highest BCUT2D eigenvalue weighted by Gasteiger charge is 2.33. The second-order valence-corrected chi connectivity index (χ2v) is 12.4. The average molecular weight is 565 g/mol. The summed E-state index contributed by atoms with van der Waals surface area (Å²) in [5.41, 5.74) is 7.04. The van der Waals surface area contributed by atoms with Gasteiger partial charge in [-0.2, -0.15) is 0 Å². The Hall–Kier alpha value is -2.38. The lowest BCUT2D eigenvalue weighted by Gasteiger charge is -2.22. The predicted molar refractivity (Wildman–Crippen MR) is 144 cm³/mol. The van der Waals surface area contributed by atoms with E-state index in [0.29, 0.717) is 29.8 Å². The minimum atomic E-state index is -3.73. The molecule has 0 radical (unpaired) electrons. The van der Waals surface area contributed by atoms with Crippen molar-refractivity contribution in [3.05, 3.63) is 48.5 Å². The molecule has 1 fully saturated rings. The number of hydrogen-bond acceptors (Lipinski definition) is 11. The predicted octanol–water partition coefficient (Wildman–Crippen LogP) is 3.30. The minimum absolute atomic E-state index is 0.0211. The van der Waals surface area contributed by atoms with E-state index >= 15 is 0 Å². The lowest BCUT2D eigenvalue weighted by atomic mass is 9.97. The van der Waals surface area contributed by atoms with E-state index in [9.17, 15) is 14.5 Å². The third-order valence-electron chi connectivity index (χ3n) is 6.06. The SMILES string of the molecule is CC(C)(CO)C(=O)SCCOP(=O)(NCc1ccccc1)OC[C@H]1CC[C@@H](n2cnc3c(N)ncnc32)O1. The fourth-order valence-electron chi connectivity index (χ4n) is 3.74. The zero-order valence-electron chi connectivity index (χ0n) is 21.4. The maximum absolute atomic E-state index is 13.6. The first-order valence-electron chi connectivity index (χ1n) is 12.3. The van der Waals surface area contributed by atoms with Crippen LogP contribution in [-0.4, -0.2) is 61.4 Å². The molecule has 1 aromatic carbocycles. The fraction of sp³-hybridized carbons (Fsp3) is 0.500. The monoisotopic (exact) mass is 564 g/mol. The summed E-state index contributed by atoms with van der Waals surface area (Å²) in [6, 6.07) is 9.48. The number of nitrogens with one attached hydrogen (secondary N) is 1. The van der Waals surface area contributed by atoms with Crippen molar-refractivity contribution in [2.75, 3.05) is 31.3 Å². The number of nitrogen functional groups attached to an aromatic ring is 1. The second kappa shape index (κ2) is 12.6. The molecule has 3 atom stereocenters. The standard InChI is InChI=1S/C24H33N6O6PS/c1-24(2,14-31)23(32)38-11-10-34-37(33,29-12-17-6-4-3-5-7-17)35-13-18-8-9-19(36-18)30-16-28-20-21(25)26-15-27-22(20)30/h3-7,15-16,18-19,31H,8-14H2,1-2H3,(H,29,33)(H2,25,26,27)/t18-,19+,37?/m1/s1. The smallest absolute Gasteiger partial charge is 0.395 e. The Morgan fingerprint density at radius 2 is 2.05 bits per heavy atom. The lowest BCUT2D eigenvalue weighted by molar-refractivity contribution is -0.119. The molecule has 4 N–H and O–H groups in total. The maximum atomic E-state index is 13.6. The number of nitrogens with two attached hydrogens (primary N) is 1. The van der Waals surface area contributed by atoms with Crippen LogP contribution in [0.25, 0.3) is 11.2 Å². The number of carbonyl (C=O) groups excluding carboxylic acids is 1. The van der Waals surface area contributed by atoms with Gasteiger partial charge in [0.2, 0.25) is 0 Å². The van der Waals surface area contributed by atoms with Crippen LogP contribution in [0.3, 0.4) is 0 Å². The molecule has 0 bridgehead atoms. The van der Waals surface area contributed by atoms with Crippen molar-refractivity contribution in [1.29, 1.82) is 0 Å². The summed E-state index contributed by atoms with van der Waals surface area (Å²) in [4.78, 5) is 24.8. The van der Waals surface area contributed by atoms with Gasteiger partial charge in [0.05, 0.1) is 37.7 Å². The molecular formula is C24H33N6O6PS. The van der Waals surface area contributed by atoms with Gasteiger partial charge in [0.25, 0.3) is 0 Å². The molecule has 0 spiro atoms. The van der Waals surface area contributed by atoms with Crippen molar-refractivity contribution in [3.63, 3.8) is 0 Å². The summed E-state index contributed by atoms with van der Waals surface area (Å²) >= 11 is 1.03. The van der Waals surface area contributed by atoms with E-state index in [1.807, 2.05) is 30.3 Å². The van der Waals surface area contributed by atoms with Gasteiger partial charge in [0.1, 0.15) is 18.1 Å². The summed E-state index contributed by atoms with van der Waals surface area (Å²) in [6.07, 6.45) is 3.71. The van der Waals surface area contributed by atoms with E-state index in [0.717, 1.165) is 17.3 Å². The lowest BCUT2D eigenvalue weighted by Crippen LogP contribution is -2.26. The van der Waals surface area contributed by atoms with Gasteiger partial charge in [-0.25, -0.2) is 24.6 Å². The highest BCUT2D eigenvalue weighted by atomic mass is 32.2. The summed E-state index contributed by atoms with van der Waals surface area (Å²) in [5, 5.41) is 12.1. The Morgan fingerprint density at radius 3 is 2.82 bits per heavy atom. The quantitative estimate of drug-likeness (QED) is 0.205. The number of fused-ring (bicyclic) bond motifs is 1. The van der Waals surface area contributed by atoms with Crippen LogP contribution in [0.4, 0.5) is 5.82 Å². The van der Waals surface area contributed by atoms with E-state index in [1.165, 1.54) is 6.33 Å². The normalized spacial score (nSPS) is 19.6. The molecular weight excluding hydrogens is 531 g/mol. The molecule has 1 saturated heterocycles. The Balaban J connectivity index is 1.34. The molecule has 206 valence electrons. The van der Waals surface area contributed by atoms with Gasteiger partial charge in [-0.15, -0.1) is 0 Å². The van der Waals surface area contributed by atoms with Crippen LogP contribution in [0, 0.1) is 5.41 Å². The Bertz CT molecular complexity index is 1280. The van der Waals surface area contributed by atoms with Gasteiger partial charge in [-0.1, -0.05) is 42.1 Å². The molecule has 2 aromatic heterocycles. The summed E-state index contributed by atoms with van der Waals surface area (Å²) < 4.78 is 33.0. The minimum Gasteiger partial charge on any atom is -0.395 e. The molecule has 0 amide bonds. The number of thioether (sulfide) groups is 1. The number of hydrogen-bond donors (Lipinski definition) is 3. The third-order valence-corrected chi connectivity index (χ3v) is 8.80. The van der Waals surface area contributed by atoms with E-state index in [1.54, 1.807) is 24.7 Å². The van der Waals surface area contributed by atoms with Crippen molar-refractivity contribution >= 4 is 41.6 Å². The van der Waals surface area contributed by atoms with E-state index in [2.05, 4.69) is 20.0 Å². The van der Waals surface area contributed by atoms with Crippen LogP contribution >= 0.6 is 19.5 Å². The second-order valence-electron chi connectivity index (χ2n) is 9.50. The van der Waals surface area contributed by atoms with Crippen LogP contribution in [0.5, 0.6) is 0 Å². The van der Waals surface area contributed by atoms with E-state index in [4.69, 9.17) is 19.5 Å². The number of nitrogens with zero attached hydrogens (tertiary/aromatic N) is 4. The zero-order valence-corrected chi connectivity index (χ0v) is 23.1. The first-order chi connectivity index (χ1) is 18.2. The molecule has 1 aliphatic heterocycles. The molecule has 3 heterocycles. The van der Waals surface area contributed by atoms with Gasteiger partial charge in [-0.05, 0) is 32.3 Å². The topological polar surface area (TPSA) is 164 Å². The summed E-state index contributed by atoms with van der Waals surface area (Å²) in [7, 11) is -3.73. The van der Waals surface area contributed by atoms with Gasteiger partial charge < -0.3 is 15.6 Å². The van der Waals surface area contributed by atoms with Crippen LogP contribution in [0.1, 0.15) is 38.5 Å². The number of benzene rings is 1. The molecule has 3 aromatic rings. The highest BCUT2D eigenvalue weighted by Crippen LogP contribution is 2.45. The Morgan fingerprint density at radius 1 is 1.26 bits per heavy atom. The first kappa shape index (κ1) is 28.6. The van der Waals surface area contributed by atoms with Crippen molar-refractivity contribution in [3.8, 4) is 0 Å². The average Bonchev–Trinajstić information content (AvgIpc) is 3.57. The maximum Gasteiger partial charge on any atom is 0.405 e. The van der Waals surface area contributed by atoms with Gasteiger partial charge in [0.15, 0.2) is 16.6 Å². The van der Waals surface area contributed by atoms with Crippen LogP contribution < -0.4 is 10.8 Å². The van der Waals surface area contributed by atoms with Crippen LogP contribution in [-0.2, 0) is 29.7 Å². The van der Waals surface area contributed by atoms with Crippen LogP contribution in [0.15, 0.2) is 43.0 Å². The number of aliphatic hydroxyl groups excluding tert-OH is 1. The first-order valence-corrected chi connectivity index (χ1v) is 14.8. The molecule has 38 heavy (non-hydrogen) atoms. The summed E-state index contributed by atoms with van der Waals surface area (Å²) in [6.45, 7) is 3.43. The number of aromatic nitrogens is 4. The number of ether oxygens (including phenoxy) is 1. The molecule has 4 rings (SSSR count). The van der Waals surface area contributed by atoms with Crippen molar-refractivity contribution in [1.82, 2.24) is 24.6 Å². The molecule has 0 saturated carbocycles. The van der Waals surface area contributed by atoms with Crippen molar-refractivity contribution in [2.45, 2.75) is 45.6 Å². The van der Waals surface area contributed by atoms with Crippen molar-refractivity contribution in [2.24, 2.45) is 5.41 Å². The largest absolute Gasteiger partial charge is 0.405 e. The van der Waals surface area contributed by atoms with Gasteiger partial charge in [-0.3, -0.25) is 18.4 Å². The number of imidazole rings is 1. The van der Waals surface area contributed by atoms with Gasteiger partial charge >= 0.3 is 7.75 Å². The molecule has 1 aliphatic rings.